The molecule has 9 heterocycles. The minimum atomic E-state index is -1.99. The van der Waals surface area contributed by atoms with Crippen LogP contribution in [0, 0.1) is 57.2 Å². The Bertz CT molecular complexity index is 5290. The molecule has 24 nitrogen and oxygen atoms in total. The Morgan fingerprint density at radius 1 is 0.331 bits per heavy atom. The van der Waals surface area contributed by atoms with Crippen molar-refractivity contribution in [3.8, 4) is 12.1 Å². The molecule has 12 aromatic rings. The summed E-state index contributed by atoms with van der Waals surface area (Å²) in [4.78, 5) is 141. The number of hydrogen-bond acceptors (Lipinski definition) is 16. The molecule has 2 saturated heterocycles. The summed E-state index contributed by atoms with van der Waals surface area (Å²) in [7, 11) is 0. The van der Waals surface area contributed by atoms with Gasteiger partial charge in [-0.05, 0) is 268 Å². The van der Waals surface area contributed by atoms with E-state index < -0.39 is 58.3 Å². The number of ether oxygens (including phenoxy) is 6. The van der Waals surface area contributed by atoms with Crippen molar-refractivity contribution >= 4 is 70.3 Å². The molecule has 25 heteroatoms. The van der Waals surface area contributed by atoms with Gasteiger partial charge in [-0.25, -0.2) is 0 Å². The van der Waals surface area contributed by atoms with Crippen LogP contribution in [-0.2, 0) is 92.8 Å². The Hall–Kier alpha value is -14.4. The molecule has 5 aliphatic rings. The number of aromatic nitrogens is 4. The molecule has 4 aromatic heterocycles. The van der Waals surface area contributed by atoms with Crippen molar-refractivity contribution in [2.75, 3.05) is 74.1 Å². The third-order valence-corrected chi connectivity index (χ3v) is 21.5. The summed E-state index contributed by atoms with van der Waals surface area (Å²) in [6.07, 6.45) is 4.11. The molecule has 0 saturated carbocycles. The minimum absolute atomic E-state index is 0. The summed E-state index contributed by atoms with van der Waals surface area (Å²) >= 11 is 0. The number of carbonyl (C=O) groups excluding carboxylic acids is 8. The van der Waals surface area contributed by atoms with Gasteiger partial charge in [-0.15, -0.1) is 0 Å². The van der Waals surface area contributed by atoms with Crippen LogP contribution in [0.25, 0.3) is 0 Å². The molecule has 5 aliphatic heterocycles. The second-order valence-corrected chi connectivity index (χ2v) is 30.0. The van der Waals surface area contributed by atoms with Crippen molar-refractivity contribution in [1.82, 2.24) is 19.9 Å². The van der Waals surface area contributed by atoms with E-state index in [0.29, 0.717) is 136 Å². The van der Waals surface area contributed by atoms with Crippen LogP contribution < -0.4 is 41.2 Å². The van der Waals surface area contributed by atoms with Gasteiger partial charge in [0.25, 0.3) is 23.6 Å². The van der Waals surface area contributed by atoms with Crippen molar-refractivity contribution < 1.29 is 86.3 Å². The van der Waals surface area contributed by atoms with Crippen LogP contribution in [0.1, 0.15) is 199 Å². The normalized spacial score (nSPS) is 14.6. The third kappa shape index (κ3) is 21.2. The van der Waals surface area contributed by atoms with Gasteiger partial charge in [0.1, 0.15) is 45.0 Å². The van der Waals surface area contributed by atoms with Gasteiger partial charge in [-0.3, -0.25) is 59.6 Å². The quantitative estimate of drug-likeness (QED) is 0.0361. The van der Waals surface area contributed by atoms with Crippen LogP contribution in [-0.4, -0.2) is 100 Å². The van der Waals surface area contributed by atoms with Crippen molar-refractivity contribution in [2.24, 2.45) is 10.8 Å². The van der Waals surface area contributed by atoms with Gasteiger partial charge >= 0.3 is 23.9 Å². The largest absolute Gasteiger partial charge is 0.628 e. The number of amides is 4. The van der Waals surface area contributed by atoms with Gasteiger partial charge < -0.3 is 48.4 Å². The second kappa shape index (κ2) is 43.3. The summed E-state index contributed by atoms with van der Waals surface area (Å²) in [6.45, 7) is 13.2. The second-order valence-electron chi connectivity index (χ2n) is 30.0. The Kier molecular flexibility index (Phi) is 31.3. The molecular formula is C102H94N10O14Zn. The first-order valence-electron chi connectivity index (χ1n) is 41.9. The molecule has 0 radical (unpaired) electrons. The molecule has 127 heavy (non-hydrogen) atoms. The molecule has 20 bridgehead atoms. The summed E-state index contributed by atoms with van der Waals surface area (Å²) in [6, 6.07) is 73.9. The fourth-order valence-corrected chi connectivity index (χ4v) is 15.9. The van der Waals surface area contributed by atoms with Gasteiger partial charge in [0.2, 0.25) is 0 Å². The topological polar surface area (TPSA) is 344 Å². The van der Waals surface area contributed by atoms with Crippen LogP contribution in [0.2, 0.25) is 0 Å². The molecule has 0 unspecified atom stereocenters. The number of esters is 4. The van der Waals surface area contributed by atoms with Crippen LogP contribution in [0.15, 0.2) is 243 Å². The van der Waals surface area contributed by atoms with E-state index >= 15 is 19.2 Å². The SMILES string of the molecule is C1CCOC1.C1CCOC1.CC#N.CC#N.CCOC(=O)C1(C(=O)OCC)Cc2cccc(c2)C(=O)Nc2ccccc2[C+]2c3ccc([n-]3)[C+](c3ccc([n-]3)[C+]3c4ccc([n-]4)[C+](c4ccc2[n-]4)c2ccccc2NC(=O)c2cccc(c2)CC(C(=O)OCC)(C(=O)OCC)Cc2cccc(c2)C(=O)Nc2ccccc23)c2ccccc2NC(=O)c2cccc(c2)C1.[Zn]. The molecule has 8 aromatic carbocycles. The standard InChI is InChI=1S/C90H72N8O12.2C4H8O.2C2H3N.Zn/c1-5-107-85(103)89(86(104)108-6-2)49-53-21-17-25-57(45-53)81(99)95-65-33-13-9-29-61(65)77-69-37-38-70(91-69)78(62-30-10-14-34-66(62)96-82(100)58-26-18-22-54(46-58)50-89)74-42-44-76(94-74)80-64-32-12-16-36-68(64)98-84(102)60-28-20-24-56(48-60)52-90(87(105)109-7-3,88(106)110-8-4)51-55-23-19-27-59(47-55)83(101)97-67-35-15-11-31-63(67)79(71-39-40-72(80)92-71)75-43-41-73(77)93-75;2*1-2-4-5-3-1;2*1-2-3;/h9-48H,5-8,49-52H2,1-4H3,(H,95,99)(H,96,100)(H,97,101)(H,98,102);2*1-4H2;2*1H3;. The van der Waals surface area contributed by atoms with E-state index in [1.54, 1.807) is 185 Å². The zero-order valence-electron chi connectivity index (χ0n) is 71.5. The maximum Gasteiger partial charge on any atom is 0.324 e. The summed E-state index contributed by atoms with van der Waals surface area (Å²) < 4.78 is 32.8. The van der Waals surface area contributed by atoms with Crippen molar-refractivity contribution in [2.45, 2.75) is 92.9 Å². The number of rotatable bonds is 8. The average molecular weight is 1750 g/mol. The molecule has 4 amide bonds. The van der Waals surface area contributed by atoms with Crippen molar-refractivity contribution in [3.05, 3.63) is 379 Å². The Labute approximate surface area is 751 Å². The number of fused-ring (bicyclic) bond motifs is 24. The number of para-hydroxylation sites is 4. The first-order valence-corrected chi connectivity index (χ1v) is 41.9. The summed E-state index contributed by atoms with van der Waals surface area (Å²) in [5, 5.41) is 27.4. The smallest absolute Gasteiger partial charge is 0.324 e. The first kappa shape index (κ1) is 91.8. The van der Waals surface area contributed by atoms with E-state index in [2.05, 4.69) is 21.3 Å². The predicted octanol–water partition coefficient (Wildman–Crippen LogP) is 16.0. The van der Waals surface area contributed by atoms with Crippen LogP contribution >= 0.6 is 0 Å². The number of nitrogens with one attached hydrogen (secondary N) is 4. The maximum absolute atomic E-state index is 15.2. The summed E-state index contributed by atoms with van der Waals surface area (Å²) in [5.74, 6) is -3.62. The molecule has 0 aliphatic carbocycles. The van der Waals surface area contributed by atoms with E-state index in [1.165, 1.54) is 39.5 Å². The zero-order valence-corrected chi connectivity index (χ0v) is 74.5. The van der Waals surface area contributed by atoms with E-state index in [9.17, 15) is 19.2 Å². The van der Waals surface area contributed by atoms with Crippen molar-refractivity contribution in [1.29, 1.82) is 10.5 Å². The van der Waals surface area contributed by atoms with Crippen LogP contribution in [0.3, 0.4) is 0 Å². The number of nitriles is 2. The third-order valence-electron chi connectivity index (χ3n) is 21.5. The predicted molar refractivity (Wildman–Crippen MR) is 473 cm³/mol. The fraction of sp³-hybridized carbons (Fsp3) is 0.235. The number of hydrogen-bond donors (Lipinski definition) is 4. The molecule has 0 spiro atoms. The van der Waals surface area contributed by atoms with Gasteiger partial charge in [0.05, 0.1) is 38.6 Å². The maximum atomic E-state index is 15.2. The van der Waals surface area contributed by atoms with E-state index in [0.717, 1.165) is 26.4 Å². The zero-order chi connectivity index (χ0) is 88.7. The minimum Gasteiger partial charge on any atom is -0.628 e. The fourth-order valence-electron chi connectivity index (χ4n) is 15.9. The van der Waals surface area contributed by atoms with Crippen LogP contribution in [0.5, 0.6) is 0 Å². The van der Waals surface area contributed by atoms with Gasteiger partial charge in [0.15, 0.2) is 10.8 Å². The molecule has 0 atom stereocenters. The molecule has 4 N–H and O–H groups in total. The van der Waals surface area contributed by atoms with Crippen LogP contribution in [0.4, 0.5) is 22.7 Å². The van der Waals surface area contributed by atoms with E-state index in [-0.39, 0.29) is 93.8 Å². The Morgan fingerprint density at radius 3 is 0.709 bits per heavy atom. The molecule has 17 rings (SSSR count). The van der Waals surface area contributed by atoms with Gasteiger partial charge in [-0.1, -0.05) is 48.5 Å². The number of nitrogens with zero attached hydrogens (tertiary/aromatic N) is 6. The Morgan fingerprint density at radius 2 is 0.528 bits per heavy atom. The van der Waals surface area contributed by atoms with E-state index in [4.69, 9.17) is 58.9 Å². The van der Waals surface area contributed by atoms with E-state index in [1.807, 2.05) is 97.1 Å². The number of benzene rings is 8. The van der Waals surface area contributed by atoms with Crippen molar-refractivity contribution in [3.63, 3.8) is 0 Å². The monoisotopic (exact) mass is 1750 g/mol. The molecule has 2 fully saturated rings. The Balaban J connectivity index is 0.000000786. The average Bonchev–Trinajstić information content (AvgIpc) is 1.71. The first-order chi connectivity index (χ1) is 61.4. The molecule has 638 valence electrons. The van der Waals surface area contributed by atoms with Gasteiger partial charge in [0, 0.05) is 178 Å². The summed E-state index contributed by atoms with van der Waals surface area (Å²) in [5.41, 5.74) is 5.20. The number of anilines is 4. The number of carbonyl (C=O) groups is 8. The molecular weight excluding hydrogens is 1650 g/mol. The van der Waals surface area contributed by atoms with Gasteiger partial charge in [-0.2, -0.15) is 10.5 Å².